The molecular formula is C12H16N5O9S2-. The SMILES string of the molecule is Cc1ncc([N+](=O)[O-])n1CCO/C([O-])=N\C(=O)OCCSSCCO[N+](=O)[O-]. The van der Waals surface area contributed by atoms with Crippen molar-refractivity contribution in [2.45, 2.75) is 13.5 Å². The normalized spacial score (nSPS) is 11.1. The maximum atomic E-state index is 11.4. The topological polar surface area (TPSA) is 184 Å². The maximum Gasteiger partial charge on any atom is 0.435 e. The van der Waals surface area contributed by atoms with Gasteiger partial charge in [0.2, 0.25) is 0 Å². The van der Waals surface area contributed by atoms with E-state index in [-0.39, 0.29) is 32.2 Å². The first-order valence-electron chi connectivity index (χ1n) is 7.54. The summed E-state index contributed by atoms with van der Waals surface area (Å²) in [5.74, 6) is 0.887. The van der Waals surface area contributed by atoms with Crippen LogP contribution in [0, 0.1) is 27.2 Å². The maximum absolute atomic E-state index is 11.4. The lowest BCUT2D eigenvalue weighted by atomic mass is 10.6. The summed E-state index contributed by atoms with van der Waals surface area (Å²) >= 11 is 0. The molecule has 1 aromatic heterocycles. The van der Waals surface area contributed by atoms with Crippen molar-refractivity contribution in [3.8, 4) is 0 Å². The third-order valence-electron chi connectivity index (χ3n) is 2.78. The lowest BCUT2D eigenvalue weighted by Crippen LogP contribution is -2.25. The van der Waals surface area contributed by atoms with Crippen molar-refractivity contribution >= 4 is 39.6 Å². The number of carbonyl (C=O) groups is 1. The highest BCUT2D eigenvalue weighted by atomic mass is 33.1. The number of imidazole rings is 1. The highest BCUT2D eigenvalue weighted by Gasteiger charge is 2.16. The van der Waals surface area contributed by atoms with Gasteiger partial charge in [-0.2, -0.15) is 4.99 Å². The molecule has 0 unspecified atom stereocenters. The fourth-order valence-electron chi connectivity index (χ4n) is 1.67. The average molecular weight is 438 g/mol. The summed E-state index contributed by atoms with van der Waals surface area (Å²) in [6.07, 6.45) is -1.22. The molecular weight excluding hydrogens is 422 g/mol. The number of carbonyl (C=O) groups excluding carboxylic acids is 1. The van der Waals surface area contributed by atoms with Gasteiger partial charge in [-0.3, -0.25) is 0 Å². The van der Waals surface area contributed by atoms with Crippen LogP contribution in [0.4, 0.5) is 10.6 Å². The highest BCUT2D eigenvalue weighted by Crippen LogP contribution is 2.20. The van der Waals surface area contributed by atoms with Crippen molar-refractivity contribution in [2.24, 2.45) is 4.99 Å². The predicted octanol–water partition coefficient (Wildman–Crippen LogP) is 0.559. The van der Waals surface area contributed by atoms with Gasteiger partial charge in [-0.1, -0.05) is 21.6 Å². The second-order valence-corrected chi connectivity index (χ2v) is 7.32. The Balaban J connectivity index is 2.20. The zero-order valence-corrected chi connectivity index (χ0v) is 16.2. The zero-order chi connectivity index (χ0) is 20.9. The predicted molar refractivity (Wildman–Crippen MR) is 96.2 cm³/mol. The molecule has 1 heterocycles. The Bertz CT molecular complexity index is 712. The van der Waals surface area contributed by atoms with Gasteiger partial charge in [-0.25, -0.2) is 14.3 Å². The summed E-state index contributed by atoms with van der Waals surface area (Å²) in [6, 6.07) is 0. The van der Waals surface area contributed by atoms with Crippen LogP contribution in [-0.4, -0.2) is 63.1 Å². The minimum atomic E-state index is -1.18. The monoisotopic (exact) mass is 438 g/mol. The fourth-order valence-corrected chi connectivity index (χ4v) is 3.31. The zero-order valence-electron chi connectivity index (χ0n) is 14.5. The first-order chi connectivity index (χ1) is 13.3. The summed E-state index contributed by atoms with van der Waals surface area (Å²) in [5.41, 5.74) is 0. The number of amides is 1. The molecule has 0 spiro atoms. The summed E-state index contributed by atoms with van der Waals surface area (Å²) in [7, 11) is 2.59. The molecule has 0 radical (unpaired) electrons. The fraction of sp³-hybridized carbons (Fsp3) is 0.583. The molecule has 28 heavy (non-hydrogen) atoms. The third-order valence-corrected chi connectivity index (χ3v) is 5.12. The minimum Gasteiger partial charge on any atom is -0.596 e. The van der Waals surface area contributed by atoms with Gasteiger partial charge < -0.3 is 29.5 Å². The number of hydrogen-bond acceptors (Lipinski definition) is 12. The van der Waals surface area contributed by atoms with Crippen LogP contribution in [0.25, 0.3) is 0 Å². The minimum absolute atomic E-state index is 0.0213. The lowest BCUT2D eigenvalue weighted by molar-refractivity contribution is -0.756. The quantitative estimate of drug-likeness (QED) is 0.110. The third kappa shape index (κ3) is 9.26. The van der Waals surface area contributed by atoms with E-state index < -0.39 is 22.2 Å². The van der Waals surface area contributed by atoms with Gasteiger partial charge in [0.05, 0.1) is 0 Å². The van der Waals surface area contributed by atoms with Crippen LogP contribution in [-0.2, 0) is 20.9 Å². The van der Waals surface area contributed by atoms with Gasteiger partial charge in [0.15, 0.2) is 11.9 Å². The van der Waals surface area contributed by atoms with Crippen LogP contribution >= 0.6 is 21.6 Å². The van der Waals surface area contributed by atoms with Crippen molar-refractivity contribution in [2.75, 3.05) is 31.3 Å². The Labute approximate surface area is 165 Å². The second-order valence-electron chi connectivity index (χ2n) is 4.61. The van der Waals surface area contributed by atoms with Gasteiger partial charge in [0, 0.05) is 25.0 Å². The molecule has 0 bridgehead atoms. The Kier molecular flexibility index (Phi) is 10.5. The molecule has 1 amide bonds. The summed E-state index contributed by atoms with van der Waals surface area (Å²) in [6.45, 7) is 1.22. The van der Waals surface area contributed by atoms with E-state index in [4.69, 9.17) is 9.47 Å². The van der Waals surface area contributed by atoms with Crippen molar-refractivity contribution in [3.05, 3.63) is 32.2 Å². The number of rotatable bonds is 12. The molecule has 0 aliphatic carbocycles. The van der Waals surface area contributed by atoms with Crippen LogP contribution in [0.2, 0.25) is 0 Å². The molecule has 156 valence electrons. The standard InChI is InChI=1S/C12H17N5O9S2/c1-9-13-8-10(16(20)21)15(9)2-3-24-11(18)14-12(19)25-4-6-27-28-7-5-26-17(22)23/h8H,2-7H2,1H3,(H,14,18,19)/p-1. The molecule has 14 nitrogen and oxygen atoms in total. The van der Waals surface area contributed by atoms with E-state index in [1.807, 2.05) is 0 Å². The highest BCUT2D eigenvalue weighted by molar-refractivity contribution is 8.76. The number of aryl methyl sites for hydroxylation is 1. The Morgan fingerprint density at radius 2 is 1.89 bits per heavy atom. The van der Waals surface area contributed by atoms with E-state index >= 15 is 0 Å². The average Bonchev–Trinajstić information content (AvgIpc) is 2.98. The van der Waals surface area contributed by atoms with Crippen LogP contribution in [0.1, 0.15) is 5.82 Å². The van der Waals surface area contributed by atoms with E-state index in [1.54, 1.807) is 6.92 Å². The molecule has 0 fully saturated rings. The smallest absolute Gasteiger partial charge is 0.435 e. The molecule has 1 rings (SSSR count). The van der Waals surface area contributed by atoms with Crippen molar-refractivity contribution in [1.82, 2.24) is 9.55 Å². The van der Waals surface area contributed by atoms with E-state index in [9.17, 15) is 30.1 Å². The van der Waals surface area contributed by atoms with Crippen molar-refractivity contribution in [3.63, 3.8) is 0 Å². The molecule has 0 saturated heterocycles. The number of aromatic nitrogens is 2. The number of aliphatic imine (C=N–C) groups is 1. The molecule has 0 aliphatic rings. The van der Waals surface area contributed by atoms with Gasteiger partial charge in [0.1, 0.15) is 26.0 Å². The molecule has 1 aromatic rings. The molecule has 0 aromatic carbocycles. The first kappa shape index (κ1) is 23.3. The molecule has 0 N–H and O–H groups in total. The van der Waals surface area contributed by atoms with Gasteiger partial charge in [0.25, 0.3) is 5.09 Å². The summed E-state index contributed by atoms with van der Waals surface area (Å²) in [5, 5.41) is 31.3. The molecule has 0 saturated carbocycles. The van der Waals surface area contributed by atoms with Gasteiger partial charge in [-0.15, -0.1) is 10.1 Å². The summed E-state index contributed by atoms with van der Waals surface area (Å²) in [4.78, 5) is 42.4. The Morgan fingerprint density at radius 3 is 2.54 bits per heavy atom. The van der Waals surface area contributed by atoms with E-state index in [2.05, 4.69) is 14.8 Å². The second kappa shape index (κ2) is 12.6. The van der Waals surface area contributed by atoms with Crippen LogP contribution in [0.3, 0.4) is 0 Å². The Hall–Kier alpha value is -2.75. The lowest BCUT2D eigenvalue weighted by Gasteiger charge is -2.13. The summed E-state index contributed by atoms with van der Waals surface area (Å²) < 4.78 is 10.7. The van der Waals surface area contributed by atoms with Crippen molar-refractivity contribution in [1.29, 1.82) is 0 Å². The van der Waals surface area contributed by atoms with Crippen LogP contribution in [0.5, 0.6) is 0 Å². The van der Waals surface area contributed by atoms with Crippen molar-refractivity contribution < 1.29 is 34.2 Å². The Morgan fingerprint density at radius 1 is 1.21 bits per heavy atom. The molecule has 0 atom stereocenters. The number of nitro groups is 1. The number of nitrogens with zero attached hydrogens (tertiary/aromatic N) is 5. The molecule has 0 aliphatic heterocycles. The first-order valence-corrected chi connectivity index (χ1v) is 10.0. The largest absolute Gasteiger partial charge is 0.596 e. The van der Waals surface area contributed by atoms with Crippen LogP contribution in [0.15, 0.2) is 11.2 Å². The van der Waals surface area contributed by atoms with E-state index in [1.165, 1.54) is 26.2 Å². The number of ether oxygens (including phenoxy) is 2. The van der Waals surface area contributed by atoms with Gasteiger partial charge >= 0.3 is 11.9 Å². The van der Waals surface area contributed by atoms with Crippen LogP contribution < -0.4 is 5.11 Å². The molecule has 16 heteroatoms. The van der Waals surface area contributed by atoms with Gasteiger partial charge in [-0.05, 0) is 4.92 Å². The number of hydrogen-bond donors (Lipinski definition) is 0. The van der Waals surface area contributed by atoms with E-state index in [0.717, 1.165) is 6.20 Å². The van der Waals surface area contributed by atoms with E-state index in [0.29, 0.717) is 17.3 Å².